The predicted octanol–water partition coefficient (Wildman–Crippen LogP) is 3.31. The van der Waals surface area contributed by atoms with Gasteiger partial charge in [0, 0.05) is 18.4 Å². The fraction of sp³-hybridized carbons (Fsp3) is 0.333. The average molecular weight is 413 g/mol. The zero-order valence-electron chi connectivity index (χ0n) is 16.1. The summed E-state index contributed by atoms with van der Waals surface area (Å²) in [5.41, 5.74) is 0. The van der Waals surface area contributed by atoms with Crippen molar-refractivity contribution in [2.45, 2.75) is 42.7 Å². The van der Waals surface area contributed by atoms with Crippen molar-refractivity contribution in [3.05, 3.63) is 54.9 Å². The lowest BCUT2D eigenvalue weighted by Gasteiger charge is -2.29. The number of sulfonamides is 1. The Balaban J connectivity index is 1.38. The van der Waals surface area contributed by atoms with Crippen molar-refractivity contribution in [3.63, 3.8) is 0 Å². The fourth-order valence-electron chi connectivity index (χ4n) is 3.61. The molecule has 0 atom stereocenters. The monoisotopic (exact) mass is 413 g/mol. The lowest BCUT2D eigenvalue weighted by Crippen LogP contribution is -2.39. The Morgan fingerprint density at radius 3 is 2.34 bits per heavy atom. The number of nitrogens with one attached hydrogen (secondary N) is 1. The number of methoxy groups -OCH3 is 1. The standard InChI is InChI=1S/C21H23N3O4S/c1-27-20-21(23-13-12-22-20)28-18-9-7-17(8-10-18)24-29(25,26)19-11-6-15-4-2-3-5-16(15)14-19/h2-6,11-14,17-18,24H,7-10H2,1H3. The second-order valence-electron chi connectivity index (χ2n) is 7.09. The molecule has 1 fully saturated rings. The van der Waals surface area contributed by atoms with Gasteiger partial charge in [-0.2, -0.15) is 0 Å². The van der Waals surface area contributed by atoms with Crippen LogP contribution in [0.25, 0.3) is 10.8 Å². The Bertz CT molecular complexity index is 1100. The lowest BCUT2D eigenvalue weighted by atomic mass is 9.94. The minimum absolute atomic E-state index is 0.0398. The maximum atomic E-state index is 12.8. The molecule has 0 aliphatic heterocycles. The van der Waals surface area contributed by atoms with E-state index in [1.165, 1.54) is 7.11 Å². The first-order chi connectivity index (χ1) is 14.0. The zero-order chi connectivity index (χ0) is 20.3. The molecule has 29 heavy (non-hydrogen) atoms. The minimum Gasteiger partial charge on any atom is -0.477 e. The van der Waals surface area contributed by atoms with Gasteiger partial charge in [0.15, 0.2) is 0 Å². The number of hydrogen-bond acceptors (Lipinski definition) is 6. The van der Waals surface area contributed by atoms with Gasteiger partial charge in [0.2, 0.25) is 10.0 Å². The van der Waals surface area contributed by atoms with Crippen LogP contribution in [0.5, 0.6) is 11.8 Å². The first kappa shape index (κ1) is 19.6. The summed E-state index contributed by atoms with van der Waals surface area (Å²) in [4.78, 5) is 8.54. The van der Waals surface area contributed by atoms with Crippen molar-refractivity contribution >= 4 is 20.8 Å². The fourth-order valence-corrected chi connectivity index (χ4v) is 4.95. The molecule has 1 aliphatic carbocycles. The Kier molecular flexibility index (Phi) is 5.64. The van der Waals surface area contributed by atoms with Gasteiger partial charge in [-0.05, 0) is 48.6 Å². The Hall–Kier alpha value is -2.71. The maximum Gasteiger partial charge on any atom is 0.278 e. The van der Waals surface area contributed by atoms with Crippen LogP contribution >= 0.6 is 0 Å². The van der Waals surface area contributed by atoms with Crippen LogP contribution in [0.2, 0.25) is 0 Å². The van der Waals surface area contributed by atoms with E-state index in [-0.39, 0.29) is 12.1 Å². The first-order valence-electron chi connectivity index (χ1n) is 9.58. The molecule has 4 rings (SSSR count). The van der Waals surface area contributed by atoms with E-state index < -0.39 is 10.0 Å². The highest BCUT2D eigenvalue weighted by molar-refractivity contribution is 7.89. The molecule has 3 aromatic rings. The van der Waals surface area contributed by atoms with Crippen molar-refractivity contribution < 1.29 is 17.9 Å². The van der Waals surface area contributed by atoms with E-state index in [2.05, 4.69) is 14.7 Å². The second kappa shape index (κ2) is 8.34. The van der Waals surface area contributed by atoms with Gasteiger partial charge in [-0.3, -0.25) is 0 Å². The predicted molar refractivity (Wildman–Crippen MR) is 110 cm³/mol. The molecule has 1 N–H and O–H groups in total. The largest absolute Gasteiger partial charge is 0.477 e. The van der Waals surface area contributed by atoms with E-state index in [9.17, 15) is 8.42 Å². The van der Waals surface area contributed by atoms with Gasteiger partial charge in [0.05, 0.1) is 12.0 Å². The highest BCUT2D eigenvalue weighted by Crippen LogP contribution is 2.28. The summed E-state index contributed by atoms with van der Waals surface area (Å²) < 4.78 is 39.6. The summed E-state index contributed by atoms with van der Waals surface area (Å²) in [5, 5.41) is 1.92. The summed E-state index contributed by atoms with van der Waals surface area (Å²) in [6.07, 6.45) is 5.91. The molecular weight excluding hydrogens is 390 g/mol. The van der Waals surface area contributed by atoms with Gasteiger partial charge in [0.25, 0.3) is 11.8 Å². The number of aromatic nitrogens is 2. The van der Waals surface area contributed by atoms with E-state index in [0.29, 0.717) is 29.5 Å². The first-order valence-corrected chi connectivity index (χ1v) is 11.1. The molecule has 152 valence electrons. The molecule has 1 heterocycles. The number of nitrogens with zero attached hydrogens (tertiary/aromatic N) is 2. The molecular formula is C21H23N3O4S. The molecule has 0 spiro atoms. The van der Waals surface area contributed by atoms with Crippen LogP contribution < -0.4 is 14.2 Å². The third-order valence-electron chi connectivity index (χ3n) is 5.13. The third kappa shape index (κ3) is 4.49. The van der Waals surface area contributed by atoms with Gasteiger partial charge >= 0.3 is 0 Å². The van der Waals surface area contributed by atoms with E-state index in [1.807, 2.05) is 30.3 Å². The second-order valence-corrected chi connectivity index (χ2v) is 8.81. The van der Waals surface area contributed by atoms with Crippen LogP contribution in [0.15, 0.2) is 59.8 Å². The normalized spacial score (nSPS) is 19.8. The number of rotatable bonds is 6. The van der Waals surface area contributed by atoms with Crippen molar-refractivity contribution in [2.75, 3.05) is 7.11 Å². The molecule has 0 saturated heterocycles. The molecule has 0 bridgehead atoms. The van der Waals surface area contributed by atoms with Crippen molar-refractivity contribution in [2.24, 2.45) is 0 Å². The molecule has 2 aromatic carbocycles. The maximum absolute atomic E-state index is 12.8. The van der Waals surface area contributed by atoms with Crippen LogP contribution in [-0.4, -0.2) is 37.6 Å². The number of ether oxygens (including phenoxy) is 2. The SMILES string of the molecule is COc1nccnc1OC1CCC(NS(=O)(=O)c2ccc3ccccc3c2)CC1. The van der Waals surface area contributed by atoms with Gasteiger partial charge in [0.1, 0.15) is 6.10 Å². The Labute approximate surface area is 170 Å². The highest BCUT2D eigenvalue weighted by atomic mass is 32.2. The number of benzene rings is 2. The summed E-state index contributed by atoms with van der Waals surface area (Å²) >= 11 is 0. The molecule has 0 radical (unpaired) electrons. The topological polar surface area (TPSA) is 90.4 Å². The minimum atomic E-state index is -3.57. The van der Waals surface area contributed by atoms with Gasteiger partial charge in [-0.25, -0.2) is 23.1 Å². The molecule has 0 unspecified atom stereocenters. The molecule has 1 aliphatic rings. The van der Waals surface area contributed by atoms with Crippen molar-refractivity contribution in [1.82, 2.24) is 14.7 Å². The van der Waals surface area contributed by atoms with Gasteiger partial charge < -0.3 is 9.47 Å². The highest BCUT2D eigenvalue weighted by Gasteiger charge is 2.27. The Morgan fingerprint density at radius 2 is 1.62 bits per heavy atom. The van der Waals surface area contributed by atoms with E-state index in [1.54, 1.807) is 24.5 Å². The quantitative estimate of drug-likeness (QED) is 0.667. The molecule has 7 nitrogen and oxygen atoms in total. The number of hydrogen-bond donors (Lipinski definition) is 1. The summed E-state index contributed by atoms with van der Waals surface area (Å²) in [5.74, 6) is 0.724. The number of fused-ring (bicyclic) bond motifs is 1. The molecule has 0 amide bonds. The van der Waals surface area contributed by atoms with Crippen LogP contribution in [0.3, 0.4) is 0 Å². The molecule has 8 heteroatoms. The van der Waals surface area contributed by atoms with Crippen LogP contribution in [0.1, 0.15) is 25.7 Å². The van der Waals surface area contributed by atoms with Gasteiger partial charge in [-0.1, -0.05) is 30.3 Å². The molecule has 1 aromatic heterocycles. The Morgan fingerprint density at radius 1 is 0.931 bits per heavy atom. The van der Waals surface area contributed by atoms with E-state index in [0.717, 1.165) is 23.6 Å². The van der Waals surface area contributed by atoms with Crippen LogP contribution in [0, 0.1) is 0 Å². The summed E-state index contributed by atoms with van der Waals surface area (Å²) in [6.45, 7) is 0. The average Bonchev–Trinajstić information content (AvgIpc) is 2.75. The van der Waals surface area contributed by atoms with Gasteiger partial charge in [-0.15, -0.1) is 0 Å². The smallest absolute Gasteiger partial charge is 0.278 e. The van der Waals surface area contributed by atoms with Crippen LogP contribution in [-0.2, 0) is 10.0 Å². The third-order valence-corrected chi connectivity index (χ3v) is 6.65. The van der Waals surface area contributed by atoms with E-state index >= 15 is 0 Å². The van der Waals surface area contributed by atoms with Crippen molar-refractivity contribution in [3.8, 4) is 11.8 Å². The zero-order valence-corrected chi connectivity index (χ0v) is 16.9. The lowest BCUT2D eigenvalue weighted by molar-refractivity contribution is 0.132. The summed E-state index contributed by atoms with van der Waals surface area (Å²) in [6, 6.07) is 12.8. The van der Waals surface area contributed by atoms with Crippen molar-refractivity contribution in [1.29, 1.82) is 0 Å². The van der Waals surface area contributed by atoms with Crippen LogP contribution in [0.4, 0.5) is 0 Å². The molecule has 1 saturated carbocycles. The van der Waals surface area contributed by atoms with E-state index in [4.69, 9.17) is 9.47 Å². The summed E-state index contributed by atoms with van der Waals surface area (Å²) in [7, 11) is -2.05.